The minimum atomic E-state index is -0.0856. The van der Waals surface area contributed by atoms with Crippen LogP contribution in [0.25, 0.3) is 10.8 Å². The maximum Gasteiger partial charge on any atom is 0.256 e. The molecule has 0 radical (unpaired) electrons. The van der Waals surface area contributed by atoms with Gasteiger partial charge in [-0.15, -0.1) is 0 Å². The smallest absolute Gasteiger partial charge is 0.256 e. The number of aromatic nitrogens is 1. The number of nitrogens with one attached hydrogen (secondary N) is 1. The van der Waals surface area contributed by atoms with E-state index in [1.165, 1.54) is 0 Å². The lowest BCUT2D eigenvalue weighted by atomic mass is 10.1. The number of fused-ring (bicyclic) bond motifs is 1. The zero-order valence-corrected chi connectivity index (χ0v) is 7.85. The lowest BCUT2D eigenvalue weighted by Crippen LogP contribution is -2.06. The predicted molar refractivity (Wildman–Crippen MR) is 54.3 cm³/mol. The SMILES string of the molecule is Cc1cc2c(Cl)cccc2c(=O)[nH]1. The summed E-state index contributed by atoms with van der Waals surface area (Å²) in [5.74, 6) is 0. The summed E-state index contributed by atoms with van der Waals surface area (Å²) in [6.45, 7) is 1.84. The molecule has 0 aliphatic carbocycles. The van der Waals surface area contributed by atoms with Crippen LogP contribution in [-0.4, -0.2) is 4.98 Å². The summed E-state index contributed by atoms with van der Waals surface area (Å²) < 4.78 is 0. The van der Waals surface area contributed by atoms with Gasteiger partial charge >= 0.3 is 0 Å². The average Bonchev–Trinajstić information content (AvgIpc) is 2.07. The third kappa shape index (κ3) is 1.33. The van der Waals surface area contributed by atoms with Gasteiger partial charge in [0.25, 0.3) is 5.56 Å². The van der Waals surface area contributed by atoms with Crippen LogP contribution in [-0.2, 0) is 0 Å². The molecule has 3 heteroatoms. The van der Waals surface area contributed by atoms with E-state index >= 15 is 0 Å². The standard InChI is InChI=1S/C10H8ClNO/c1-6-5-8-7(10(13)12-6)3-2-4-9(8)11/h2-5H,1H3,(H,12,13). The number of H-pyrrole nitrogens is 1. The summed E-state index contributed by atoms with van der Waals surface area (Å²) in [6.07, 6.45) is 0. The van der Waals surface area contributed by atoms with Crippen LogP contribution in [0.15, 0.2) is 29.1 Å². The van der Waals surface area contributed by atoms with Crippen molar-refractivity contribution in [2.45, 2.75) is 6.92 Å². The zero-order chi connectivity index (χ0) is 9.42. The van der Waals surface area contributed by atoms with E-state index in [9.17, 15) is 4.79 Å². The third-order valence-electron chi connectivity index (χ3n) is 1.97. The van der Waals surface area contributed by atoms with Crippen LogP contribution < -0.4 is 5.56 Å². The fourth-order valence-corrected chi connectivity index (χ4v) is 1.61. The number of halogens is 1. The monoisotopic (exact) mass is 193 g/mol. The van der Waals surface area contributed by atoms with Crippen LogP contribution in [0.4, 0.5) is 0 Å². The van der Waals surface area contributed by atoms with E-state index in [1.54, 1.807) is 18.2 Å². The second-order valence-electron chi connectivity index (χ2n) is 2.98. The highest BCUT2D eigenvalue weighted by Gasteiger charge is 2.01. The summed E-state index contributed by atoms with van der Waals surface area (Å²) in [5.41, 5.74) is 0.739. The summed E-state index contributed by atoms with van der Waals surface area (Å²) in [4.78, 5) is 14.2. The fourth-order valence-electron chi connectivity index (χ4n) is 1.38. The highest BCUT2D eigenvalue weighted by Crippen LogP contribution is 2.20. The topological polar surface area (TPSA) is 32.9 Å². The molecule has 0 amide bonds. The summed E-state index contributed by atoms with van der Waals surface area (Å²) in [6, 6.07) is 7.19. The maximum atomic E-state index is 11.4. The first-order valence-corrected chi connectivity index (χ1v) is 4.34. The van der Waals surface area contributed by atoms with E-state index in [4.69, 9.17) is 11.6 Å². The van der Waals surface area contributed by atoms with E-state index in [0.29, 0.717) is 10.4 Å². The number of pyridine rings is 1. The molecule has 0 aliphatic rings. The molecule has 1 N–H and O–H groups in total. The normalized spacial score (nSPS) is 10.6. The van der Waals surface area contributed by atoms with Gasteiger partial charge in [-0.05, 0) is 25.1 Å². The van der Waals surface area contributed by atoms with Gasteiger partial charge in [-0.3, -0.25) is 4.79 Å². The van der Waals surface area contributed by atoms with Crippen molar-refractivity contribution >= 4 is 22.4 Å². The molecule has 1 aromatic carbocycles. The Hall–Kier alpha value is -1.28. The number of aromatic amines is 1. The van der Waals surface area contributed by atoms with Gasteiger partial charge in [-0.1, -0.05) is 17.7 Å². The number of hydrogen-bond acceptors (Lipinski definition) is 1. The van der Waals surface area contributed by atoms with Gasteiger partial charge in [0, 0.05) is 21.5 Å². The molecule has 2 aromatic rings. The average molecular weight is 194 g/mol. The minimum Gasteiger partial charge on any atom is -0.326 e. The summed E-state index contributed by atoms with van der Waals surface area (Å²) in [7, 11) is 0. The molecule has 2 nitrogen and oxygen atoms in total. The van der Waals surface area contributed by atoms with Gasteiger partial charge in [0.05, 0.1) is 0 Å². The maximum absolute atomic E-state index is 11.4. The molecule has 1 heterocycles. The molecule has 2 rings (SSSR count). The first-order chi connectivity index (χ1) is 6.18. The van der Waals surface area contributed by atoms with Crippen molar-refractivity contribution < 1.29 is 0 Å². The molecule has 0 fully saturated rings. The van der Waals surface area contributed by atoms with Crippen LogP contribution in [0.1, 0.15) is 5.69 Å². The van der Waals surface area contributed by atoms with Crippen LogP contribution in [0.5, 0.6) is 0 Å². The molecule has 0 bridgehead atoms. The quantitative estimate of drug-likeness (QED) is 0.685. The summed E-state index contributed by atoms with van der Waals surface area (Å²) >= 11 is 5.95. The lowest BCUT2D eigenvalue weighted by Gasteiger charge is -2.00. The molecule has 66 valence electrons. The second-order valence-corrected chi connectivity index (χ2v) is 3.39. The Bertz CT molecular complexity index is 516. The molecule has 1 aromatic heterocycles. The molecule has 0 spiro atoms. The Morgan fingerprint density at radius 3 is 2.85 bits per heavy atom. The van der Waals surface area contributed by atoms with E-state index in [0.717, 1.165) is 11.1 Å². The highest BCUT2D eigenvalue weighted by molar-refractivity contribution is 6.35. The Morgan fingerprint density at radius 2 is 2.08 bits per heavy atom. The molecule has 0 aliphatic heterocycles. The molecule has 0 saturated carbocycles. The van der Waals surface area contributed by atoms with E-state index in [-0.39, 0.29) is 5.56 Å². The van der Waals surface area contributed by atoms with Gasteiger partial charge < -0.3 is 4.98 Å². The molecule has 13 heavy (non-hydrogen) atoms. The first kappa shape index (κ1) is 8.32. The fraction of sp³-hybridized carbons (Fsp3) is 0.100. The van der Waals surface area contributed by atoms with Crippen LogP contribution in [0.2, 0.25) is 5.02 Å². The predicted octanol–water partition coefficient (Wildman–Crippen LogP) is 2.49. The van der Waals surface area contributed by atoms with Crippen molar-refractivity contribution in [3.05, 3.63) is 45.3 Å². The molecule has 0 atom stereocenters. The van der Waals surface area contributed by atoms with E-state index < -0.39 is 0 Å². The van der Waals surface area contributed by atoms with Crippen molar-refractivity contribution in [2.24, 2.45) is 0 Å². The van der Waals surface area contributed by atoms with Gasteiger partial charge in [0.2, 0.25) is 0 Å². The Balaban J connectivity index is 3.03. The first-order valence-electron chi connectivity index (χ1n) is 3.96. The van der Waals surface area contributed by atoms with Crippen molar-refractivity contribution in [2.75, 3.05) is 0 Å². The van der Waals surface area contributed by atoms with Gasteiger partial charge in [-0.2, -0.15) is 0 Å². The highest BCUT2D eigenvalue weighted by atomic mass is 35.5. The minimum absolute atomic E-state index is 0.0856. The Morgan fingerprint density at radius 1 is 1.31 bits per heavy atom. The molecule has 0 saturated heterocycles. The summed E-state index contributed by atoms with van der Waals surface area (Å²) in [5, 5.41) is 2.07. The van der Waals surface area contributed by atoms with Gasteiger partial charge in [0.1, 0.15) is 0 Å². The molecular weight excluding hydrogens is 186 g/mol. The lowest BCUT2D eigenvalue weighted by molar-refractivity contribution is 1.17. The van der Waals surface area contributed by atoms with Crippen LogP contribution in [0.3, 0.4) is 0 Å². The number of hydrogen-bond donors (Lipinski definition) is 1. The number of aryl methyl sites for hydroxylation is 1. The van der Waals surface area contributed by atoms with Gasteiger partial charge in [-0.25, -0.2) is 0 Å². The second kappa shape index (κ2) is 2.89. The van der Waals surface area contributed by atoms with Crippen molar-refractivity contribution in [1.82, 2.24) is 4.98 Å². The number of benzene rings is 1. The van der Waals surface area contributed by atoms with Crippen molar-refractivity contribution in [3.8, 4) is 0 Å². The zero-order valence-electron chi connectivity index (χ0n) is 7.10. The van der Waals surface area contributed by atoms with Crippen molar-refractivity contribution in [3.63, 3.8) is 0 Å². The van der Waals surface area contributed by atoms with Gasteiger partial charge in [0.15, 0.2) is 0 Å². The molecular formula is C10H8ClNO. The van der Waals surface area contributed by atoms with Crippen LogP contribution >= 0.6 is 11.6 Å². The Labute approximate surface area is 80.2 Å². The Kier molecular flexibility index (Phi) is 1.85. The largest absolute Gasteiger partial charge is 0.326 e. The van der Waals surface area contributed by atoms with Crippen LogP contribution in [0, 0.1) is 6.92 Å². The molecule has 0 unspecified atom stereocenters. The van der Waals surface area contributed by atoms with E-state index in [2.05, 4.69) is 4.98 Å². The third-order valence-corrected chi connectivity index (χ3v) is 2.30. The number of rotatable bonds is 0. The van der Waals surface area contributed by atoms with E-state index in [1.807, 2.05) is 13.0 Å². The van der Waals surface area contributed by atoms with Crippen molar-refractivity contribution in [1.29, 1.82) is 0 Å².